The van der Waals surface area contributed by atoms with E-state index < -0.39 is 0 Å². The zero-order valence-corrected chi connectivity index (χ0v) is 12.9. The highest BCUT2D eigenvalue weighted by atomic mass is 19.1. The van der Waals surface area contributed by atoms with Gasteiger partial charge >= 0.3 is 0 Å². The van der Waals surface area contributed by atoms with Gasteiger partial charge in [0.05, 0.1) is 13.7 Å². The van der Waals surface area contributed by atoms with E-state index in [2.05, 4.69) is 5.32 Å². The van der Waals surface area contributed by atoms with Gasteiger partial charge in [0, 0.05) is 11.6 Å². The number of benzene rings is 1. The Labute approximate surface area is 125 Å². The lowest BCUT2D eigenvalue weighted by atomic mass is 10.1. The summed E-state index contributed by atoms with van der Waals surface area (Å²) in [5.74, 6) is -0.0276. The molecule has 0 heterocycles. The molecule has 1 fully saturated rings. The zero-order chi connectivity index (χ0) is 15.4. The number of methoxy groups -OCH3 is 1. The molecule has 1 unspecified atom stereocenters. The summed E-state index contributed by atoms with van der Waals surface area (Å²) < 4.78 is 18.7. The molecule has 0 spiro atoms. The van der Waals surface area contributed by atoms with Gasteiger partial charge in [-0.1, -0.05) is 0 Å². The largest absolute Gasteiger partial charge is 0.494 e. The van der Waals surface area contributed by atoms with Gasteiger partial charge in [0.2, 0.25) is 0 Å². The highest BCUT2D eigenvalue weighted by Gasteiger charge is 2.30. The molecule has 21 heavy (non-hydrogen) atoms. The molecule has 1 aromatic carbocycles. The molecule has 4 nitrogen and oxygen atoms in total. The Morgan fingerprint density at radius 3 is 2.76 bits per heavy atom. The second kappa shape index (κ2) is 6.89. The van der Waals surface area contributed by atoms with Crippen molar-refractivity contribution < 1.29 is 18.8 Å². The van der Waals surface area contributed by atoms with Crippen LogP contribution >= 0.6 is 0 Å². The van der Waals surface area contributed by atoms with Gasteiger partial charge in [-0.05, 0) is 44.9 Å². The monoisotopic (exact) mass is 295 g/mol. The van der Waals surface area contributed by atoms with Crippen LogP contribution in [0.5, 0.6) is 5.75 Å². The minimum atomic E-state index is -0.361. The van der Waals surface area contributed by atoms with Crippen molar-refractivity contribution in [3.63, 3.8) is 0 Å². The van der Waals surface area contributed by atoms with Crippen molar-refractivity contribution in [2.24, 2.45) is 0 Å². The van der Waals surface area contributed by atoms with Crippen molar-refractivity contribution in [2.75, 3.05) is 13.7 Å². The Morgan fingerprint density at radius 2 is 2.24 bits per heavy atom. The van der Waals surface area contributed by atoms with Crippen molar-refractivity contribution in [3.8, 4) is 5.75 Å². The molecule has 0 saturated heterocycles. The topological polar surface area (TPSA) is 42.8 Å². The van der Waals surface area contributed by atoms with Gasteiger partial charge in [0.25, 0.3) is 5.91 Å². The lowest BCUT2D eigenvalue weighted by molar-refractivity contribution is -0.926. The molecule has 0 aromatic heterocycles. The summed E-state index contributed by atoms with van der Waals surface area (Å²) in [6.07, 6.45) is 2.17. The Morgan fingerprint density at radius 1 is 1.52 bits per heavy atom. The number of amides is 1. The molecular weight excluding hydrogens is 271 g/mol. The molecule has 2 N–H and O–H groups in total. The van der Waals surface area contributed by atoms with E-state index in [4.69, 9.17) is 4.74 Å². The van der Waals surface area contributed by atoms with Crippen LogP contribution in [0.1, 0.15) is 32.3 Å². The van der Waals surface area contributed by atoms with E-state index in [9.17, 15) is 9.18 Å². The van der Waals surface area contributed by atoms with Gasteiger partial charge in [0.15, 0.2) is 17.6 Å². The molecule has 2 atom stereocenters. The smallest absolute Gasteiger partial charge is 0.278 e. The normalized spacial score (nSPS) is 17.1. The number of rotatable bonds is 7. The first-order chi connectivity index (χ1) is 10.0. The van der Waals surface area contributed by atoms with Crippen LogP contribution in [-0.2, 0) is 11.3 Å². The number of halogens is 1. The summed E-state index contributed by atoms with van der Waals surface area (Å²) in [5, 5.41) is 3.03. The van der Waals surface area contributed by atoms with Crippen LogP contribution in [0.15, 0.2) is 18.2 Å². The second-order valence-corrected chi connectivity index (χ2v) is 5.66. The van der Waals surface area contributed by atoms with E-state index in [1.165, 1.54) is 13.2 Å². The predicted molar refractivity (Wildman–Crippen MR) is 78.8 cm³/mol. The average molecular weight is 295 g/mol. The first-order valence-corrected chi connectivity index (χ1v) is 7.52. The van der Waals surface area contributed by atoms with Gasteiger partial charge in [-0.15, -0.1) is 0 Å². The summed E-state index contributed by atoms with van der Waals surface area (Å²) in [7, 11) is 1.45. The molecule has 1 amide bonds. The van der Waals surface area contributed by atoms with E-state index in [0.717, 1.165) is 29.8 Å². The maximum Gasteiger partial charge on any atom is 0.278 e. The lowest BCUT2D eigenvalue weighted by Crippen LogP contribution is -3.15. The molecule has 1 saturated carbocycles. The Hall–Kier alpha value is -1.62. The van der Waals surface area contributed by atoms with Gasteiger partial charge in [-0.2, -0.15) is 0 Å². The number of hydrogen-bond acceptors (Lipinski definition) is 2. The number of carbonyl (C=O) groups excluding carboxylic acids is 1. The van der Waals surface area contributed by atoms with Gasteiger partial charge in [-0.25, -0.2) is 4.39 Å². The molecule has 0 bridgehead atoms. The van der Waals surface area contributed by atoms with Crippen LogP contribution in [-0.4, -0.2) is 31.6 Å². The predicted octanol–water partition coefficient (Wildman–Crippen LogP) is 0.906. The lowest BCUT2D eigenvalue weighted by Gasteiger charge is -2.24. The third kappa shape index (κ3) is 4.17. The van der Waals surface area contributed by atoms with Crippen molar-refractivity contribution in [2.45, 2.75) is 45.3 Å². The number of ether oxygens (including phenoxy) is 1. The summed E-state index contributed by atoms with van der Waals surface area (Å²) in [6, 6.07) is 5.20. The van der Waals surface area contributed by atoms with E-state index in [-0.39, 0.29) is 23.5 Å². The molecule has 116 valence electrons. The minimum absolute atomic E-state index is 0.0864. The van der Waals surface area contributed by atoms with Crippen LogP contribution in [0.2, 0.25) is 0 Å². The number of nitrogens with one attached hydrogen (secondary N) is 2. The van der Waals surface area contributed by atoms with Crippen molar-refractivity contribution >= 4 is 5.91 Å². The Balaban J connectivity index is 2.00. The SMILES string of the molecule is CC[NH+](Cc1ccc(OC)c(F)c1)[C@H](C)C(=O)NC1CC1. The van der Waals surface area contributed by atoms with Crippen LogP contribution < -0.4 is 15.0 Å². The highest BCUT2D eigenvalue weighted by molar-refractivity contribution is 5.80. The molecule has 2 rings (SSSR count). The molecule has 1 aliphatic rings. The number of hydrogen-bond donors (Lipinski definition) is 2. The third-order valence-corrected chi connectivity index (χ3v) is 4.03. The summed E-state index contributed by atoms with van der Waals surface area (Å²) in [4.78, 5) is 13.2. The Kier molecular flexibility index (Phi) is 5.17. The highest BCUT2D eigenvalue weighted by Crippen LogP contribution is 2.18. The van der Waals surface area contributed by atoms with Gasteiger partial charge in [-0.3, -0.25) is 4.79 Å². The summed E-state index contributed by atoms with van der Waals surface area (Å²) in [5.41, 5.74) is 0.872. The van der Waals surface area contributed by atoms with Crippen LogP contribution in [0.25, 0.3) is 0 Å². The molecule has 0 aliphatic heterocycles. The van der Waals surface area contributed by atoms with Crippen molar-refractivity contribution in [1.29, 1.82) is 0 Å². The first-order valence-electron chi connectivity index (χ1n) is 7.52. The van der Waals surface area contributed by atoms with Crippen molar-refractivity contribution in [3.05, 3.63) is 29.6 Å². The van der Waals surface area contributed by atoms with Gasteiger partial charge in [0.1, 0.15) is 6.54 Å². The fourth-order valence-electron chi connectivity index (χ4n) is 2.41. The van der Waals surface area contributed by atoms with Crippen LogP contribution in [0.3, 0.4) is 0 Å². The van der Waals surface area contributed by atoms with Crippen LogP contribution in [0.4, 0.5) is 4.39 Å². The van der Waals surface area contributed by atoms with Crippen LogP contribution in [0, 0.1) is 5.82 Å². The third-order valence-electron chi connectivity index (χ3n) is 4.03. The molecular formula is C16H24FN2O2+. The maximum absolute atomic E-state index is 13.7. The second-order valence-electron chi connectivity index (χ2n) is 5.66. The van der Waals surface area contributed by atoms with E-state index >= 15 is 0 Å². The number of carbonyl (C=O) groups is 1. The van der Waals surface area contributed by atoms with E-state index in [0.29, 0.717) is 12.6 Å². The van der Waals surface area contributed by atoms with Crippen molar-refractivity contribution in [1.82, 2.24) is 5.32 Å². The fraction of sp³-hybridized carbons (Fsp3) is 0.562. The Bertz CT molecular complexity index is 503. The standard InChI is InChI=1S/C16H23FN2O2/c1-4-19(11(2)16(20)18-13-6-7-13)10-12-5-8-15(21-3)14(17)9-12/h5,8-9,11,13H,4,6-7,10H2,1-3H3,(H,18,20)/p+1/t11-/m1/s1. The average Bonchev–Trinajstić information content (AvgIpc) is 3.28. The first kappa shape index (κ1) is 15.8. The molecule has 5 heteroatoms. The zero-order valence-electron chi connectivity index (χ0n) is 12.9. The van der Waals surface area contributed by atoms with Gasteiger partial charge < -0.3 is 15.0 Å². The molecule has 1 aliphatic carbocycles. The fourth-order valence-corrected chi connectivity index (χ4v) is 2.41. The minimum Gasteiger partial charge on any atom is -0.494 e. The quantitative estimate of drug-likeness (QED) is 0.785. The summed E-state index contributed by atoms with van der Waals surface area (Å²) in [6.45, 7) is 5.40. The number of quaternary nitrogens is 1. The molecule has 1 aromatic rings. The van der Waals surface area contributed by atoms with E-state index in [1.54, 1.807) is 6.07 Å². The molecule has 0 radical (unpaired) electrons. The maximum atomic E-state index is 13.7. The summed E-state index contributed by atoms with van der Waals surface area (Å²) >= 11 is 0. The van der Waals surface area contributed by atoms with E-state index in [1.807, 2.05) is 19.9 Å². The number of likely N-dealkylation sites (N-methyl/N-ethyl adjacent to an activating group) is 1.